The van der Waals surface area contributed by atoms with Crippen molar-refractivity contribution in [1.29, 1.82) is 0 Å². The second-order valence-corrected chi connectivity index (χ2v) is 7.67. The Balaban J connectivity index is 0.000000201. The second-order valence-electron chi connectivity index (χ2n) is 7.67. The van der Waals surface area contributed by atoms with E-state index in [-0.39, 0.29) is 0 Å². The van der Waals surface area contributed by atoms with E-state index in [4.69, 9.17) is 41.9 Å². The van der Waals surface area contributed by atoms with Gasteiger partial charge in [-0.25, -0.2) is 0 Å². The first-order valence-corrected chi connectivity index (χ1v) is 11.4. The molecule has 0 spiro atoms. The number of anilines is 4. The van der Waals surface area contributed by atoms with E-state index in [2.05, 4.69) is 0 Å². The highest BCUT2D eigenvalue weighted by Crippen LogP contribution is 2.16. The van der Waals surface area contributed by atoms with Crippen LogP contribution in [0.5, 0.6) is 23.0 Å². The highest BCUT2D eigenvalue weighted by molar-refractivity contribution is 5.43. The van der Waals surface area contributed by atoms with E-state index in [1.54, 1.807) is 48.5 Å². The number of hydrogen-bond acceptors (Lipinski definition) is 8. The van der Waals surface area contributed by atoms with Gasteiger partial charge in [0.25, 0.3) is 0 Å². The highest BCUT2D eigenvalue weighted by atomic mass is 16.5. The van der Waals surface area contributed by atoms with Gasteiger partial charge in [0.05, 0.1) is 0 Å². The summed E-state index contributed by atoms with van der Waals surface area (Å²) in [6.45, 7) is 1.92. The number of rotatable bonds is 10. The molecule has 0 aliphatic heterocycles. The standard InChI is InChI=1S/2C14H16N2O2/c2*15-11-1-5-13(6-2-11)17-9-10-18-14-7-3-12(16)4-8-14/h2*1-8H,9-10,15-16H2. The number of ether oxygens (including phenoxy) is 4. The summed E-state index contributed by atoms with van der Waals surface area (Å²) in [5.74, 6) is 3.13. The summed E-state index contributed by atoms with van der Waals surface area (Å²) in [6, 6.07) is 29.1. The van der Waals surface area contributed by atoms with Gasteiger partial charge in [0.15, 0.2) is 0 Å². The van der Waals surface area contributed by atoms with Crippen molar-refractivity contribution >= 4 is 22.7 Å². The summed E-state index contributed by atoms with van der Waals surface area (Å²) in [4.78, 5) is 0. The highest BCUT2D eigenvalue weighted by Gasteiger charge is 1.97. The predicted octanol–water partition coefficient (Wildman–Crippen LogP) is 4.62. The van der Waals surface area contributed by atoms with Gasteiger partial charge in [-0.2, -0.15) is 0 Å². The zero-order chi connectivity index (χ0) is 25.6. The summed E-state index contributed by atoms with van der Waals surface area (Å²) < 4.78 is 22.0. The summed E-state index contributed by atoms with van der Waals surface area (Å²) >= 11 is 0. The molecular formula is C28H32N4O4. The van der Waals surface area contributed by atoms with Crippen LogP contribution in [0.4, 0.5) is 22.7 Å². The zero-order valence-electron chi connectivity index (χ0n) is 20.0. The lowest BCUT2D eigenvalue weighted by atomic mass is 10.3. The molecule has 36 heavy (non-hydrogen) atoms. The van der Waals surface area contributed by atoms with E-state index >= 15 is 0 Å². The Morgan fingerprint density at radius 1 is 0.306 bits per heavy atom. The van der Waals surface area contributed by atoms with Crippen LogP contribution in [0.2, 0.25) is 0 Å². The largest absolute Gasteiger partial charge is 0.490 e. The molecule has 8 N–H and O–H groups in total. The molecule has 0 saturated heterocycles. The summed E-state index contributed by atoms with van der Waals surface area (Å²) in [6.07, 6.45) is 0. The quantitative estimate of drug-likeness (QED) is 0.187. The molecule has 0 aromatic heterocycles. The van der Waals surface area contributed by atoms with Crippen LogP contribution in [0.15, 0.2) is 97.1 Å². The molecule has 0 unspecified atom stereocenters. The molecule has 0 bridgehead atoms. The summed E-state index contributed by atoms with van der Waals surface area (Å²) in [5, 5.41) is 0. The molecule has 0 fully saturated rings. The van der Waals surface area contributed by atoms with E-state index < -0.39 is 0 Å². The van der Waals surface area contributed by atoms with Gasteiger partial charge in [-0.15, -0.1) is 0 Å². The molecule has 0 amide bonds. The smallest absolute Gasteiger partial charge is 0.122 e. The molecule has 4 aromatic rings. The van der Waals surface area contributed by atoms with Crippen LogP contribution in [0, 0.1) is 0 Å². The van der Waals surface area contributed by atoms with Crippen LogP contribution < -0.4 is 41.9 Å². The molecule has 0 atom stereocenters. The minimum absolute atomic E-state index is 0.480. The van der Waals surface area contributed by atoms with E-state index in [1.165, 1.54) is 0 Å². The Hall–Kier alpha value is -4.72. The van der Waals surface area contributed by atoms with Gasteiger partial charge in [-0.05, 0) is 97.1 Å². The van der Waals surface area contributed by atoms with Gasteiger partial charge < -0.3 is 41.9 Å². The van der Waals surface area contributed by atoms with Crippen molar-refractivity contribution in [3.63, 3.8) is 0 Å². The van der Waals surface area contributed by atoms with E-state index in [1.807, 2.05) is 48.5 Å². The van der Waals surface area contributed by atoms with Crippen molar-refractivity contribution in [2.75, 3.05) is 49.4 Å². The first kappa shape index (κ1) is 25.9. The third-order valence-corrected chi connectivity index (χ3v) is 4.76. The third kappa shape index (κ3) is 9.64. The fourth-order valence-corrected chi connectivity index (χ4v) is 2.89. The molecule has 188 valence electrons. The topological polar surface area (TPSA) is 141 Å². The zero-order valence-corrected chi connectivity index (χ0v) is 20.0. The average molecular weight is 489 g/mol. The first-order chi connectivity index (χ1) is 17.5. The number of nitrogens with two attached hydrogens (primary N) is 4. The van der Waals surface area contributed by atoms with Gasteiger partial charge >= 0.3 is 0 Å². The second kappa shape index (κ2) is 13.9. The minimum Gasteiger partial charge on any atom is -0.490 e. The minimum atomic E-state index is 0.480. The number of nitrogen functional groups attached to an aromatic ring is 4. The molecule has 0 aliphatic rings. The normalized spacial score (nSPS) is 10.0. The molecule has 4 rings (SSSR count). The molecule has 0 saturated carbocycles. The third-order valence-electron chi connectivity index (χ3n) is 4.76. The van der Waals surface area contributed by atoms with Gasteiger partial charge in [-0.1, -0.05) is 0 Å². The van der Waals surface area contributed by atoms with Crippen molar-refractivity contribution in [2.24, 2.45) is 0 Å². The van der Waals surface area contributed by atoms with Crippen LogP contribution in [0.1, 0.15) is 0 Å². The van der Waals surface area contributed by atoms with Gasteiger partial charge in [-0.3, -0.25) is 0 Å². The number of hydrogen-bond donors (Lipinski definition) is 4. The Labute approximate surface area is 211 Å². The Morgan fingerprint density at radius 2 is 0.472 bits per heavy atom. The van der Waals surface area contributed by atoms with E-state index in [0.29, 0.717) is 26.4 Å². The fraction of sp³-hybridized carbons (Fsp3) is 0.143. The maximum absolute atomic E-state index is 5.58. The van der Waals surface area contributed by atoms with Crippen molar-refractivity contribution in [1.82, 2.24) is 0 Å². The Bertz CT molecular complexity index is 960. The van der Waals surface area contributed by atoms with Crippen molar-refractivity contribution in [3.8, 4) is 23.0 Å². The molecule has 8 nitrogen and oxygen atoms in total. The van der Waals surface area contributed by atoms with Crippen LogP contribution in [-0.2, 0) is 0 Å². The van der Waals surface area contributed by atoms with Crippen molar-refractivity contribution < 1.29 is 18.9 Å². The molecule has 4 aromatic carbocycles. The van der Waals surface area contributed by atoms with E-state index in [9.17, 15) is 0 Å². The van der Waals surface area contributed by atoms with Crippen LogP contribution in [0.3, 0.4) is 0 Å². The van der Waals surface area contributed by atoms with E-state index in [0.717, 1.165) is 45.7 Å². The SMILES string of the molecule is Nc1ccc(OCCOc2ccc(N)cc2)cc1.Nc1ccc(OCCOc2ccc(N)cc2)cc1. The predicted molar refractivity (Wildman–Crippen MR) is 145 cm³/mol. The molecule has 0 heterocycles. The van der Waals surface area contributed by atoms with Crippen LogP contribution in [-0.4, -0.2) is 26.4 Å². The van der Waals surface area contributed by atoms with Crippen LogP contribution >= 0.6 is 0 Å². The van der Waals surface area contributed by atoms with Gasteiger partial charge in [0, 0.05) is 22.7 Å². The fourth-order valence-electron chi connectivity index (χ4n) is 2.89. The maximum Gasteiger partial charge on any atom is 0.122 e. The molecule has 0 aliphatic carbocycles. The summed E-state index contributed by atoms with van der Waals surface area (Å²) in [7, 11) is 0. The molecule has 0 radical (unpaired) electrons. The molecule has 8 heteroatoms. The Morgan fingerprint density at radius 3 is 0.639 bits per heavy atom. The monoisotopic (exact) mass is 488 g/mol. The molecular weight excluding hydrogens is 456 g/mol. The lowest BCUT2D eigenvalue weighted by Gasteiger charge is -2.08. The number of benzene rings is 4. The maximum atomic E-state index is 5.58. The lowest BCUT2D eigenvalue weighted by Crippen LogP contribution is -2.08. The van der Waals surface area contributed by atoms with Crippen LogP contribution in [0.25, 0.3) is 0 Å². The first-order valence-electron chi connectivity index (χ1n) is 11.4. The average Bonchev–Trinajstić information content (AvgIpc) is 2.89. The van der Waals surface area contributed by atoms with Gasteiger partial charge in [0.1, 0.15) is 49.4 Å². The lowest BCUT2D eigenvalue weighted by molar-refractivity contribution is 0.217. The van der Waals surface area contributed by atoms with Crippen molar-refractivity contribution in [3.05, 3.63) is 97.1 Å². The Kier molecular flexibility index (Phi) is 9.97. The van der Waals surface area contributed by atoms with Crippen molar-refractivity contribution in [2.45, 2.75) is 0 Å². The van der Waals surface area contributed by atoms with Gasteiger partial charge in [0.2, 0.25) is 0 Å². The summed E-state index contributed by atoms with van der Waals surface area (Å²) in [5.41, 5.74) is 25.2.